The fraction of sp³-hybridized carbons (Fsp3) is 0.562. The van der Waals surface area contributed by atoms with Crippen LogP contribution >= 0.6 is 0 Å². The normalized spacial score (nSPS) is 13.6. The molecule has 0 aromatic heterocycles. The highest BCUT2D eigenvalue weighted by Crippen LogP contribution is 2.11. The second kappa shape index (κ2) is 7.90. The molecule has 23 heavy (non-hydrogen) atoms. The summed E-state index contributed by atoms with van der Waals surface area (Å²) < 4.78 is 31.8. The Morgan fingerprint density at radius 3 is 2.35 bits per heavy atom. The van der Waals surface area contributed by atoms with E-state index in [2.05, 4.69) is 4.72 Å². The Balaban J connectivity index is 2.42. The van der Waals surface area contributed by atoms with Crippen molar-refractivity contribution in [3.8, 4) is 0 Å². The maximum Gasteiger partial charge on any atom is 0.323 e. The van der Waals surface area contributed by atoms with Crippen LogP contribution in [0.2, 0.25) is 0 Å². The number of hydrogen-bond acceptors (Lipinski definition) is 5. The largest absolute Gasteiger partial charge is 0.459 e. The van der Waals surface area contributed by atoms with Gasteiger partial charge in [-0.05, 0) is 52.7 Å². The fourth-order valence-electron chi connectivity index (χ4n) is 1.82. The molecule has 1 aromatic carbocycles. The number of hydrogen-bond donors (Lipinski definition) is 2. The van der Waals surface area contributed by atoms with Gasteiger partial charge in [0.25, 0.3) is 0 Å². The molecule has 0 bridgehead atoms. The van der Waals surface area contributed by atoms with Crippen molar-refractivity contribution in [2.24, 2.45) is 5.73 Å². The third-order valence-electron chi connectivity index (χ3n) is 3.02. The number of carbonyl (C=O) groups excluding carboxylic acids is 1. The summed E-state index contributed by atoms with van der Waals surface area (Å²) in [5.74, 6) is -0.473. The number of sulfonamides is 1. The topological polar surface area (TPSA) is 98.5 Å². The van der Waals surface area contributed by atoms with E-state index in [0.717, 1.165) is 5.56 Å². The van der Waals surface area contributed by atoms with Gasteiger partial charge in [0.15, 0.2) is 0 Å². The minimum Gasteiger partial charge on any atom is -0.459 e. The lowest BCUT2D eigenvalue weighted by molar-refractivity contribution is -0.156. The average Bonchev–Trinajstić information content (AvgIpc) is 2.42. The van der Waals surface area contributed by atoms with Gasteiger partial charge in [-0.2, -0.15) is 0 Å². The maximum atomic E-state index is 12.1. The van der Waals surface area contributed by atoms with Crippen LogP contribution in [0.4, 0.5) is 0 Å². The molecule has 6 nitrogen and oxygen atoms in total. The van der Waals surface area contributed by atoms with E-state index in [1.807, 2.05) is 6.92 Å². The number of esters is 1. The van der Waals surface area contributed by atoms with Crippen molar-refractivity contribution in [3.63, 3.8) is 0 Å². The van der Waals surface area contributed by atoms with Gasteiger partial charge >= 0.3 is 5.97 Å². The predicted octanol–water partition coefficient (Wildman–Crippen LogP) is 1.72. The van der Waals surface area contributed by atoms with Crippen LogP contribution in [0.3, 0.4) is 0 Å². The first kappa shape index (κ1) is 19.6. The molecule has 1 unspecified atom stereocenters. The van der Waals surface area contributed by atoms with Gasteiger partial charge in [-0.1, -0.05) is 17.7 Å². The van der Waals surface area contributed by atoms with Crippen molar-refractivity contribution in [1.29, 1.82) is 0 Å². The summed E-state index contributed by atoms with van der Waals surface area (Å²) in [6.45, 7) is 7.42. The molecule has 0 aliphatic carbocycles. The number of aryl methyl sites for hydroxylation is 1. The first-order valence-electron chi connectivity index (χ1n) is 7.56. The van der Waals surface area contributed by atoms with E-state index in [1.165, 1.54) is 0 Å². The van der Waals surface area contributed by atoms with Crippen molar-refractivity contribution >= 4 is 16.0 Å². The zero-order chi connectivity index (χ0) is 17.7. The molecule has 1 aromatic rings. The van der Waals surface area contributed by atoms with Crippen molar-refractivity contribution in [2.45, 2.75) is 57.1 Å². The highest BCUT2D eigenvalue weighted by molar-refractivity contribution is 7.89. The zero-order valence-electron chi connectivity index (χ0n) is 14.1. The number of carbonyl (C=O) groups is 1. The quantitative estimate of drug-likeness (QED) is 0.581. The fourth-order valence-corrected chi connectivity index (χ4v) is 2.90. The molecule has 0 fully saturated rings. The molecule has 0 amide bonds. The Hall–Kier alpha value is -1.44. The summed E-state index contributed by atoms with van der Waals surface area (Å²) in [5.41, 5.74) is 6.16. The maximum absolute atomic E-state index is 12.1. The van der Waals surface area contributed by atoms with Gasteiger partial charge in [0.05, 0.1) is 4.90 Å². The van der Waals surface area contributed by atoms with Gasteiger partial charge in [-0.3, -0.25) is 4.79 Å². The molecule has 3 N–H and O–H groups in total. The zero-order valence-corrected chi connectivity index (χ0v) is 14.9. The van der Waals surface area contributed by atoms with E-state index in [9.17, 15) is 13.2 Å². The Morgan fingerprint density at radius 1 is 1.26 bits per heavy atom. The summed E-state index contributed by atoms with van der Waals surface area (Å²) in [7, 11) is -3.53. The van der Waals surface area contributed by atoms with E-state index < -0.39 is 27.6 Å². The molecule has 0 aliphatic heterocycles. The van der Waals surface area contributed by atoms with Crippen LogP contribution in [-0.2, 0) is 19.6 Å². The van der Waals surface area contributed by atoms with Crippen molar-refractivity contribution in [2.75, 3.05) is 6.54 Å². The van der Waals surface area contributed by atoms with Crippen LogP contribution in [-0.4, -0.2) is 32.6 Å². The molecular weight excluding hydrogens is 316 g/mol. The van der Waals surface area contributed by atoms with Gasteiger partial charge in [0, 0.05) is 6.54 Å². The third-order valence-corrected chi connectivity index (χ3v) is 4.50. The monoisotopic (exact) mass is 342 g/mol. The van der Waals surface area contributed by atoms with Crippen LogP contribution in [0.1, 0.15) is 39.2 Å². The molecule has 1 rings (SSSR count). The van der Waals surface area contributed by atoms with Crippen molar-refractivity contribution in [3.05, 3.63) is 29.8 Å². The number of benzene rings is 1. The Bertz CT molecular complexity index is 618. The van der Waals surface area contributed by atoms with Crippen LogP contribution in [0.15, 0.2) is 29.2 Å². The average molecular weight is 342 g/mol. The number of nitrogens with two attached hydrogens (primary N) is 1. The first-order valence-corrected chi connectivity index (χ1v) is 9.04. The van der Waals surface area contributed by atoms with Crippen LogP contribution in [0.25, 0.3) is 0 Å². The smallest absolute Gasteiger partial charge is 0.323 e. The number of rotatable bonds is 7. The molecular formula is C16H26N2O4S. The van der Waals surface area contributed by atoms with Gasteiger partial charge in [-0.15, -0.1) is 0 Å². The molecule has 0 saturated heterocycles. The standard InChI is InChI=1S/C16H26N2O4S/c1-12-7-9-13(10-8-12)23(20,21)18-11-5-6-14(17)15(19)22-16(2,3)4/h7-10,14,18H,5-6,11,17H2,1-4H3. The minimum atomic E-state index is -3.53. The Kier molecular flexibility index (Phi) is 6.73. The summed E-state index contributed by atoms with van der Waals surface area (Å²) in [4.78, 5) is 11.9. The highest BCUT2D eigenvalue weighted by Gasteiger charge is 2.22. The SMILES string of the molecule is Cc1ccc(S(=O)(=O)NCCCC(N)C(=O)OC(C)(C)C)cc1. The second-order valence-corrected chi connectivity index (χ2v) is 8.26. The molecule has 0 heterocycles. The molecule has 0 aliphatic rings. The highest BCUT2D eigenvalue weighted by atomic mass is 32.2. The molecule has 1 atom stereocenters. The number of nitrogens with one attached hydrogen (secondary N) is 1. The third kappa shape index (κ3) is 7.11. The lowest BCUT2D eigenvalue weighted by Gasteiger charge is -2.22. The van der Waals surface area contributed by atoms with E-state index >= 15 is 0 Å². The Morgan fingerprint density at radius 2 is 1.83 bits per heavy atom. The first-order chi connectivity index (χ1) is 10.5. The lowest BCUT2D eigenvalue weighted by atomic mass is 10.1. The summed E-state index contributed by atoms with van der Waals surface area (Å²) in [6, 6.07) is 5.85. The Labute approximate surface area is 138 Å². The van der Waals surface area contributed by atoms with Crippen LogP contribution < -0.4 is 10.5 Å². The van der Waals surface area contributed by atoms with Gasteiger partial charge in [0.1, 0.15) is 11.6 Å². The van der Waals surface area contributed by atoms with Crippen molar-refractivity contribution < 1.29 is 17.9 Å². The van der Waals surface area contributed by atoms with Crippen LogP contribution in [0.5, 0.6) is 0 Å². The van der Waals surface area contributed by atoms with E-state index in [-0.39, 0.29) is 11.4 Å². The summed E-state index contributed by atoms with van der Waals surface area (Å²) >= 11 is 0. The molecule has 0 saturated carbocycles. The molecule has 130 valence electrons. The van der Waals surface area contributed by atoms with Crippen molar-refractivity contribution in [1.82, 2.24) is 4.72 Å². The van der Waals surface area contributed by atoms with Gasteiger partial charge < -0.3 is 10.5 Å². The minimum absolute atomic E-state index is 0.215. The van der Waals surface area contributed by atoms with E-state index in [4.69, 9.17) is 10.5 Å². The van der Waals surface area contributed by atoms with E-state index in [1.54, 1.807) is 45.0 Å². The lowest BCUT2D eigenvalue weighted by Crippen LogP contribution is -2.38. The van der Waals surface area contributed by atoms with Gasteiger partial charge in [0.2, 0.25) is 10.0 Å². The second-order valence-electron chi connectivity index (χ2n) is 6.49. The summed E-state index contributed by atoms with van der Waals surface area (Å²) in [6.07, 6.45) is 0.802. The number of ether oxygens (including phenoxy) is 1. The molecule has 7 heteroatoms. The van der Waals surface area contributed by atoms with Gasteiger partial charge in [-0.25, -0.2) is 13.1 Å². The predicted molar refractivity (Wildman–Crippen MR) is 89.4 cm³/mol. The summed E-state index contributed by atoms with van der Waals surface area (Å²) in [5, 5.41) is 0. The van der Waals surface area contributed by atoms with E-state index in [0.29, 0.717) is 12.8 Å². The molecule has 0 radical (unpaired) electrons. The van der Waals surface area contributed by atoms with Crippen LogP contribution in [0, 0.1) is 6.92 Å². The molecule has 0 spiro atoms.